The van der Waals surface area contributed by atoms with Gasteiger partial charge in [-0.05, 0) is 38.3 Å². The fourth-order valence-electron chi connectivity index (χ4n) is 2.41. The second kappa shape index (κ2) is 7.68. The van der Waals surface area contributed by atoms with E-state index in [9.17, 15) is 0 Å². The smallest absolute Gasteiger partial charge is 0.0529 e. The average molecular weight is 291 g/mol. The highest BCUT2D eigenvalue weighted by Gasteiger charge is 2.07. The molecule has 2 aromatic carbocycles. The van der Waals surface area contributed by atoms with Gasteiger partial charge >= 0.3 is 0 Å². The molecule has 0 aromatic heterocycles. The molecule has 0 aliphatic heterocycles. The van der Waals surface area contributed by atoms with Gasteiger partial charge in [0.05, 0.1) is 5.70 Å². The molecule has 0 atom stereocenters. The number of hydrogen-bond acceptors (Lipinski definition) is 1. The van der Waals surface area contributed by atoms with Crippen molar-refractivity contribution in [3.05, 3.63) is 88.8 Å². The van der Waals surface area contributed by atoms with Crippen molar-refractivity contribution in [1.29, 1.82) is 0 Å². The minimum atomic E-state index is 0.903. The van der Waals surface area contributed by atoms with Gasteiger partial charge in [0.2, 0.25) is 0 Å². The van der Waals surface area contributed by atoms with Crippen LogP contribution in [0.2, 0.25) is 0 Å². The van der Waals surface area contributed by atoms with Gasteiger partial charge in [-0.1, -0.05) is 66.2 Å². The molecule has 0 saturated heterocycles. The summed E-state index contributed by atoms with van der Waals surface area (Å²) in [6.45, 7) is 12.0. The van der Waals surface area contributed by atoms with Crippen molar-refractivity contribution in [3.8, 4) is 0 Å². The Morgan fingerprint density at radius 2 is 1.41 bits per heavy atom. The third kappa shape index (κ3) is 4.65. The van der Waals surface area contributed by atoms with E-state index < -0.39 is 0 Å². The summed E-state index contributed by atoms with van der Waals surface area (Å²) in [6.07, 6.45) is 1.03. The summed E-state index contributed by atoms with van der Waals surface area (Å²) in [5.41, 5.74) is 9.44. The Hall–Kier alpha value is -2.24. The second-order valence-corrected chi connectivity index (χ2v) is 5.90. The highest BCUT2D eigenvalue weighted by Crippen LogP contribution is 2.13. The Morgan fingerprint density at radius 3 is 1.91 bits per heavy atom. The zero-order valence-corrected chi connectivity index (χ0v) is 13.9. The largest absolute Gasteiger partial charge is 0.364 e. The van der Waals surface area contributed by atoms with Crippen LogP contribution in [0, 0.1) is 13.8 Å². The van der Waals surface area contributed by atoms with E-state index in [1.54, 1.807) is 0 Å². The fraction of sp³-hybridized carbons (Fsp3) is 0.286. The maximum absolute atomic E-state index is 3.80. The lowest BCUT2D eigenvalue weighted by Gasteiger charge is -2.24. The van der Waals surface area contributed by atoms with Gasteiger partial charge in [-0.25, -0.2) is 0 Å². The molecule has 0 unspecified atom stereocenters. The van der Waals surface area contributed by atoms with E-state index in [4.69, 9.17) is 0 Å². The second-order valence-electron chi connectivity index (χ2n) is 5.90. The van der Waals surface area contributed by atoms with Gasteiger partial charge in [-0.2, -0.15) is 0 Å². The Labute approximate surface area is 134 Å². The van der Waals surface area contributed by atoms with Crippen LogP contribution in [0.4, 0.5) is 0 Å². The lowest BCUT2D eigenvalue weighted by Crippen LogP contribution is -2.23. The first-order chi connectivity index (χ1) is 10.6. The predicted octanol–water partition coefficient (Wildman–Crippen LogP) is 5.04. The zero-order chi connectivity index (χ0) is 15.9. The third-order valence-corrected chi connectivity index (χ3v) is 4.02. The summed E-state index contributed by atoms with van der Waals surface area (Å²) in [5.74, 6) is 0. The van der Waals surface area contributed by atoms with Crippen molar-refractivity contribution in [2.24, 2.45) is 0 Å². The molecule has 2 aromatic rings. The summed E-state index contributed by atoms with van der Waals surface area (Å²) >= 11 is 0. The standard InChI is InChI=1S/C21H25N/c1-5-19(4)22(16-21-12-8-18(3)9-13-21)15-14-20-10-6-17(2)7-11-20/h6-13H,1,14-16H2,2-4H3. The van der Waals surface area contributed by atoms with E-state index in [1.165, 1.54) is 22.3 Å². The van der Waals surface area contributed by atoms with Gasteiger partial charge in [0.1, 0.15) is 0 Å². The Bertz CT molecular complexity index is 643. The lowest BCUT2D eigenvalue weighted by atomic mass is 10.1. The van der Waals surface area contributed by atoms with Crippen LogP contribution in [-0.2, 0) is 13.0 Å². The van der Waals surface area contributed by atoms with Crippen LogP contribution >= 0.6 is 0 Å². The monoisotopic (exact) mass is 291 g/mol. The molecule has 0 bridgehead atoms. The Balaban J connectivity index is 2.04. The molecule has 0 aliphatic carbocycles. The molecule has 22 heavy (non-hydrogen) atoms. The van der Waals surface area contributed by atoms with Crippen molar-refractivity contribution in [3.63, 3.8) is 0 Å². The van der Waals surface area contributed by atoms with Crippen LogP contribution in [-0.4, -0.2) is 11.4 Å². The minimum Gasteiger partial charge on any atom is -0.364 e. The summed E-state index contributed by atoms with van der Waals surface area (Å²) in [5, 5.41) is 0. The van der Waals surface area contributed by atoms with E-state index in [0.29, 0.717) is 0 Å². The van der Waals surface area contributed by atoms with Crippen molar-refractivity contribution in [1.82, 2.24) is 4.90 Å². The summed E-state index contributed by atoms with van der Waals surface area (Å²) in [7, 11) is 0. The van der Waals surface area contributed by atoms with Crippen molar-refractivity contribution >= 4 is 0 Å². The van der Waals surface area contributed by atoms with Crippen LogP contribution in [0.25, 0.3) is 0 Å². The molecular weight excluding hydrogens is 266 g/mol. The van der Waals surface area contributed by atoms with Crippen LogP contribution in [0.3, 0.4) is 0 Å². The number of allylic oxidation sites excluding steroid dienone is 1. The van der Waals surface area contributed by atoms with E-state index in [1.807, 2.05) is 0 Å². The molecule has 1 nitrogen and oxygen atoms in total. The first-order valence-corrected chi connectivity index (χ1v) is 7.81. The number of benzene rings is 2. The quantitative estimate of drug-likeness (QED) is 0.674. The fourth-order valence-corrected chi connectivity index (χ4v) is 2.41. The molecule has 0 radical (unpaired) electrons. The van der Waals surface area contributed by atoms with Gasteiger partial charge in [0.25, 0.3) is 0 Å². The maximum atomic E-state index is 3.80. The number of aryl methyl sites for hydroxylation is 2. The number of rotatable bonds is 6. The summed E-state index contributed by atoms with van der Waals surface area (Å²) in [6, 6.07) is 17.5. The van der Waals surface area contributed by atoms with Crippen LogP contribution in [0.1, 0.15) is 29.2 Å². The van der Waals surface area contributed by atoms with Gasteiger partial charge in [0, 0.05) is 13.1 Å². The van der Waals surface area contributed by atoms with Crippen LogP contribution in [0.15, 0.2) is 66.5 Å². The Morgan fingerprint density at radius 1 is 0.909 bits per heavy atom. The zero-order valence-electron chi connectivity index (χ0n) is 13.9. The van der Waals surface area contributed by atoms with Crippen molar-refractivity contribution < 1.29 is 0 Å². The predicted molar refractivity (Wildman–Crippen MR) is 94.8 cm³/mol. The van der Waals surface area contributed by atoms with E-state index >= 15 is 0 Å². The highest BCUT2D eigenvalue weighted by atomic mass is 15.1. The number of nitrogens with zero attached hydrogens (tertiary/aromatic N) is 1. The summed E-state index contributed by atoms with van der Waals surface area (Å²) < 4.78 is 0. The molecule has 0 aliphatic rings. The van der Waals surface area contributed by atoms with E-state index in [0.717, 1.165) is 25.2 Å². The summed E-state index contributed by atoms with van der Waals surface area (Å²) in [4.78, 5) is 2.34. The van der Waals surface area contributed by atoms with Gasteiger partial charge in [-0.15, -0.1) is 5.73 Å². The van der Waals surface area contributed by atoms with E-state index in [2.05, 4.69) is 86.5 Å². The molecular formula is C21H25N. The first kappa shape index (κ1) is 16.1. The van der Waals surface area contributed by atoms with Crippen LogP contribution < -0.4 is 0 Å². The minimum absolute atomic E-state index is 0.903. The lowest BCUT2D eigenvalue weighted by molar-refractivity contribution is 0.342. The molecule has 114 valence electrons. The molecule has 1 heteroatoms. The molecule has 0 N–H and O–H groups in total. The van der Waals surface area contributed by atoms with Crippen molar-refractivity contribution in [2.75, 3.05) is 6.54 Å². The van der Waals surface area contributed by atoms with Gasteiger partial charge in [-0.3, -0.25) is 0 Å². The molecule has 0 heterocycles. The van der Waals surface area contributed by atoms with Crippen molar-refractivity contribution in [2.45, 2.75) is 33.7 Å². The Kier molecular flexibility index (Phi) is 5.63. The molecule has 0 amide bonds. The molecule has 0 saturated carbocycles. The molecule has 0 spiro atoms. The average Bonchev–Trinajstić information content (AvgIpc) is 2.54. The normalized spacial score (nSPS) is 10.1. The number of hydrogen-bond donors (Lipinski definition) is 0. The van der Waals surface area contributed by atoms with Gasteiger partial charge < -0.3 is 4.90 Å². The highest BCUT2D eigenvalue weighted by molar-refractivity contribution is 5.23. The van der Waals surface area contributed by atoms with Crippen LogP contribution in [0.5, 0.6) is 0 Å². The topological polar surface area (TPSA) is 3.24 Å². The SMILES string of the molecule is C=C=C(C)N(CCc1ccc(C)cc1)Cc1ccc(C)cc1. The first-order valence-electron chi connectivity index (χ1n) is 7.81. The third-order valence-electron chi connectivity index (χ3n) is 4.02. The van der Waals surface area contributed by atoms with E-state index in [-0.39, 0.29) is 0 Å². The van der Waals surface area contributed by atoms with Gasteiger partial charge in [0.15, 0.2) is 0 Å². The molecule has 2 rings (SSSR count). The molecule has 0 fully saturated rings. The maximum Gasteiger partial charge on any atom is 0.0529 e.